The van der Waals surface area contributed by atoms with Crippen LogP contribution in [0.2, 0.25) is 4.34 Å². The summed E-state index contributed by atoms with van der Waals surface area (Å²) in [6.45, 7) is 2.94. The standard InChI is InChI=1S/C11H15ClN2OS/c12-10-2-1-9(16-10)11(15)14-6-4-8-3-5-13-7-8/h1-2,8,13H,3-7H2,(H,14,15). The second kappa shape index (κ2) is 5.66. The van der Waals surface area contributed by atoms with Crippen LogP contribution in [0.15, 0.2) is 12.1 Å². The molecule has 16 heavy (non-hydrogen) atoms. The van der Waals surface area contributed by atoms with E-state index in [1.54, 1.807) is 12.1 Å². The Labute approximate surface area is 104 Å². The first kappa shape index (κ1) is 11.9. The molecule has 88 valence electrons. The minimum atomic E-state index is -0.0112. The molecule has 1 aliphatic heterocycles. The van der Waals surface area contributed by atoms with Crippen LogP contribution in [0.1, 0.15) is 22.5 Å². The Bertz CT molecular complexity index is 361. The lowest BCUT2D eigenvalue weighted by Gasteiger charge is -2.08. The molecule has 2 heterocycles. The van der Waals surface area contributed by atoms with Gasteiger partial charge in [-0.2, -0.15) is 0 Å². The number of hydrogen-bond donors (Lipinski definition) is 2. The van der Waals surface area contributed by atoms with Gasteiger partial charge in [-0.3, -0.25) is 4.79 Å². The molecule has 1 aliphatic rings. The SMILES string of the molecule is O=C(NCCC1CCNC1)c1ccc(Cl)s1. The molecule has 1 fully saturated rings. The van der Waals surface area contributed by atoms with Crippen molar-refractivity contribution in [1.29, 1.82) is 0 Å². The average Bonchev–Trinajstić information content (AvgIpc) is 2.89. The number of thiophene rings is 1. The second-order valence-corrected chi connectivity index (χ2v) is 5.72. The van der Waals surface area contributed by atoms with Crippen LogP contribution in [0, 0.1) is 5.92 Å². The summed E-state index contributed by atoms with van der Waals surface area (Å²) in [5.41, 5.74) is 0. The normalized spacial score (nSPS) is 19.9. The molecule has 1 unspecified atom stereocenters. The summed E-state index contributed by atoms with van der Waals surface area (Å²) in [5, 5.41) is 6.24. The van der Waals surface area contributed by atoms with Crippen LogP contribution in [-0.4, -0.2) is 25.5 Å². The molecule has 0 aliphatic carbocycles. The summed E-state index contributed by atoms with van der Waals surface area (Å²) < 4.78 is 0.658. The summed E-state index contributed by atoms with van der Waals surface area (Å²) >= 11 is 7.09. The zero-order valence-corrected chi connectivity index (χ0v) is 10.5. The maximum atomic E-state index is 11.7. The van der Waals surface area contributed by atoms with Crippen LogP contribution in [-0.2, 0) is 0 Å². The lowest BCUT2D eigenvalue weighted by atomic mass is 10.1. The largest absolute Gasteiger partial charge is 0.351 e. The molecule has 3 nitrogen and oxygen atoms in total. The summed E-state index contributed by atoms with van der Waals surface area (Å²) in [5.74, 6) is 0.704. The number of nitrogens with one attached hydrogen (secondary N) is 2. The summed E-state index contributed by atoms with van der Waals surface area (Å²) in [7, 11) is 0. The molecule has 0 aromatic carbocycles. The van der Waals surface area contributed by atoms with Crippen molar-refractivity contribution in [2.24, 2.45) is 5.92 Å². The molecule has 1 amide bonds. The zero-order chi connectivity index (χ0) is 11.4. The third-order valence-corrected chi connectivity index (χ3v) is 4.03. The number of rotatable bonds is 4. The Morgan fingerprint density at radius 2 is 2.50 bits per heavy atom. The van der Waals surface area contributed by atoms with E-state index in [2.05, 4.69) is 10.6 Å². The van der Waals surface area contributed by atoms with Gasteiger partial charge in [0.1, 0.15) is 0 Å². The van der Waals surface area contributed by atoms with Gasteiger partial charge in [0.05, 0.1) is 9.21 Å². The van der Waals surface area contributed by atoms with Crippen LogP contribution in [0.3, 0.4) is 0 Å². The van der Waals surface area contributed by atoms with Gasteiger partial charge in [-0.15, -0.1) is 11.3 Å². The highest BCUT2D eigenvalue weighted by Gasteiger charge is 2.14. The van der Waals surface area contributed by atoms with E-state index in [1.807, 2.05) is 0 Å². The topological polar surface area (TPSA) is 41.1 Å². The minimum absolute atomic E-state index is 0.0112. The molecule has 0 radical (unpaired) electrons. The van der Waals surface area contributed by atoms with Gasteiger partial charge in [-0.1, -0.05) is 11.6 Å². The van der Waals surface area contributed by atoms with E-state index in [4.69, 9.17) is 11.6 Å². The molecule has 2 N–H and O–H groups in total. The Balaban J connectivity index is 1.71. The lowest BCUT2D eigenvalue weighted by Crippen LogP contribution is -2.25. The van der Waals surface area contributed by atoms with Gasteiger partial charge >= 0.3 is 0 Å². The number of hydrogen-bond acceptors (Lipinski definition) is 3. The van der Waals surface area contributed by atoms with Crippen LogP contribution in [0.5, 0.6) is 0 Å². The van der Waals surface area contributed by atoms with E-state index in [9.17, 15) is 4.79 Å². The molecule has 5 heteroatoms. The third kappa shape index (κ3) is 3.20. The van der Waals surface area contributed by atoms with Crippen molar-refractivity contribution >= 4 is 28.8 Å². The molecule has 2 rings (SSSR count). The maximum Gasteiger partial charge on any atom is 0.261 e. The third-order valence-electron chi connectivity index (χ3n) is 2.80. The van der Waals surface area contributed by atoms with Crippen molar-refractivity contribution in [1.82, 2.24) is 10.6 Å². The smallest absolute Gasteiger partial charge is 0.261 e. The van der Waals surface area contributed by atoms with Crippen LogP contribution >= 0.6 is 22.9 Å². The fraction of sp³-hybridized carbons (Fsp3) is 0.545. The van der Waals surface area contributed by atoms with Crippen molar-refractivity contribution in [3.05, 3.63) is 21.3 Å². The monoisotopic (exact) mass is 258 g/mol. The van der Waals surface area contributed by atoms with Gasteiger partial charge in [-0.25, -0.2) is 0 Å². The molecule has 1 aromatic heterocycles. The first-order chi connectivity index (χ1) is 7.75. The second-order valence-electron chi connectivity index (χ2n) is 4.01. The van der Waals surface area contributed by atoms with E-state index in [-0.39, 0.29) is 5.91 Å². The van der Waals surface area contributed by atoms with Crippen molar-refractivity contribution in [3.63, 3.8) is 0 Å². The van der Waals surface area contributed by atoms with Crippen molar-refractivity contribution < 1.29 is 4.79 Å². The molecular weight excluding hydrogens is 244 g/mol. The number of halogens is 1. The minimum Gasteiger partial charge on any atom is -0.351 e. The van der Waals surface area contributed by atoms with E-state index in [0.717, 1.165) is 26.1 Å². The Hall–Kier alpha value is -0.580. The highest BCUT2D eigenvalue weighted by molar-refractivity contribution is 7.17. The Morgan fingerprint density at radius 1 is 1.62 bits per heavy atom. The molecular formula is C11H15ClN2OS. The predicted octanol–water partition coefficient (Wildman–Crippen LogP) is 2.13. The predicted molar refractivity (Wildman–Crippen MR) is 67.3 cm³/mol. The Kier molecular flexibility index (Phi) is 4.21. The molecule has 1 atom stereocenters. The number of amides is 1. The first-order valence-electron chi connectivity index (χ1n) is 5.50. The Morgan fingerprint density at radius 3 is 3.12 bits per heavy atom. The van der Waals surface area contributed by atoms with Gasteiger partial charge in [0.2, 0.25) is 0 Å². The van der Waals surface area contributed by atoms with E-state index >= 15 is 0 Å². The highest BCUT2D eigenvalue weighted by atomic mass is 35.5. The van der Waals surface area contributed by atoms with Crippen LogP contribution < -0.4 is 10.6 Å². The van der Waals surface area contributed by atoms with E-state index < -0.39 is 0 Å². The van der Waals surface area contributed by atoms with Crippen molar-refractivity contribution in [2.75, 3.05) is 19.6 Å². The summed E-state index contributed by atoms with van der Waals surface area (Å²) in [6, 6.07) is 3.52. The fourth-order valence-electron chi connectivity index (χ4n) is 1.87. The number of carbonyl (C=O) groups is 1. The van der Waals surface area contributed by atoms with Gasteiger partial charge in [0.15, 0.2) is 0 Å². The quantitative estimate of drug-likeness (QED) is 0.869. The molecule has 0 saturated carbocycles. The zero-order valence-electron chi connectivity index (χ0n) is 8.96. The average molecular weight is 259 g/mol. The number of carbonyl (C=O) groups excluding carboxylic acids is 1. The lowest BCUT2D eigenvalue weighted by molar-refractivity contribution is 0.0955. The van der Waals surface area contributed by atoms with Gasteiger partial charge < -0.3 is 10.6 Å². The maximum absolute atomic E-state index is 11.7. The van der Waals surface area contributed by atoms with Crippen molar-refractivity contribution in [2.45, 2.75) is 12.8 Å². The fourth-order valence-corrected chi connectivity index (χ4v) is 2.83. The molecule has 1 aromatic rings. The summed E-state index contributed by atoms with van der Waals surface area (Å²) in [4.78, 5) is 12.3. The van der Waals surface area contributed by atoms with E-state index in [1.165, 1.54) is 17.8 Å². The van der Waals surface area contributed by atoms with Gasteiger partial charge in [0, 0.05) is 6.54 Å². The van der Waals surface area contributed by atoms with Crippen LogP contribution in [0.25, 0.3) is 0 Å². The van der Waals surface area contributed by atoms with Gasteiger partial charge in [-0.05, 0) is 44.0 Å². The van der Waals surface area contributed by atoms with E-state index in [0.29, 0.717) is 15.1 Å². The van der Waals surface area contributed by atoms with Gasteiger partial charge in [0.25, 0.3) is 5.91 Å². The highest BCUT2D eigenvalue weighted by Crippen LogP contribution is 2.21. The van der Waals surface area contributed by atoms with Crippen LogP contribution in [0.4, 0.5) is 0 Å². The molecule has 0 bridgehead atoms. The molecule has 0 spiro atoms. The first-order valence-corrected chi connectivity index (χ1v) is 6.69. The van der Waals surface area contributed by atoms with Crippen molar-refractivity contribution in [3.8, 4) is 0 Å². The molecule has 1 saturated heterocycles. The summed E-state index contributed by atoms with van der Waals surface area (Å²) in [6.07, 6.45) is 2.28.